The topological polar surface area (TPSA) is 160 Å². The lowest BCUT2D eigenvalue weighted by Gasteiger charge is -2.00. The van der Waals surface area contributed by atoms with Gasteiger partial charge in [-0.15, -0.1) is 0 Å². The molecule has 0 spiro atoms. The van der Waals surface area contributed by atoms with Gasteiger partial charge in [-0.3, -0.25) is 14.4 Å². The molecule has 11 nitrogen and oxygen atoms in total. The number of hydrogen-bond donors (Lipinski definition) is 1. The molecular weight excluding hydrogens is 440 g/mol. The van der Waals surface area contributed by atoms with Gasteiger partial charge < -0.3 is 24.1 Å². The lowest BCUT2D eigenvalue weighted by molar-refractivity contribution is -0.143. The van der Waals surface area contributed by atoms with Gasteiger partial charge in [-0.2, -0.15) is 0 Å². The average Bonchev–Trinajstić information content (AvgIpc) is 2.71. The minimum absolute atomic E-state index is 0.0463. The highest BCUT2D eigenvalue weighted by atomic mass is 35.5. The highest BCUT2D eigenvalue weighted by Crippen LogP contribution is 2.03. The molecular formula is C19H25ClO11. The van der Waals surface area contributed by atoms with Gasteiger partial charge in [0, 0.05) is 16.7 Å². The fourth-order valence-corrected chi connectivity index (χ4v) is 1.41. The van der Waals surface area contributed by atoms with E-state index in [1.165, 1.54) is 28.4 Å². The van der Waals surface area contributed by atoms with Crippen LogP contribution < -0.4 is 0 Å². The number of ether oxygens (including phenoxy) is 4. The van der Waals surface area contributed by atoms with Crippen molar-refractivity contribution >= 4 is 46.7 Å². The van der Waals surface area contributed by atoms with Crippen molar-refractivity contribution < 1.29 is 52.8 Å². The third-order valence-electron chi connectivity index (χ3n) is 2.72. The fraction of sp³-hybridized carbons (Fsp3) is 0.368. The minimum atomic E-state index is -1.09. The van der Waals surface area contributed by atoms with E-state index in [2.05, 4.69) is 38.7 Å². The number of rotatable bonds is 9. The van der Waals surface area contributed by atoms with Crippen LogP contribution >= 0.6 is 11.6 Å². The summed E-state index contributed by atoms with van der Waals surface area (Å²) >= 11 is 4.97. The van der Waals surface area contributed by atoms with Crippen LogP contribution in [0.1, 0.15) is 19.3 Å². The summed E-state index contributed by atoms with van der Waals surface area (Å²) in [5, 5.41) is 7.54. The van der Waals surface area contributed by atoms with E-state index in [9.17, 15) is 28.8 Å². The molecule has 0 fully saturated rings. The smallest absolute Gasteiger partial charge is 0.333 e. The van der Waals surface area contributed by atoms with Crippen molar-refractivity contribution in [3.05, 3.63) is 36.5 Å². The van der Waals surface area contributed by atoms with Crippen LogP contribution in [0.3, 0.4) is 0 Å². The van der Waals surface area contributed by atoms with Crippen molar-refractivity contribution in [3.8, 4) is 0 Å². The molecule has 12 heteroatoms. The van der Waals surface area contributed by atoms with Crippen molar-refractivity contribution in [2.24, 2.45) is 0 Å². The summed E-state index contributed by atoms with van der Waals surface area (Å²) in [6, 6.07) is 0. The molecule has 0 atom stereocenters. The molecule has 1 N–H and O–H groups in total. The highest BCUT2D eigenvalue weighted by Gasteiger charge is 2.11. The van der Waals surface area contributed by atoms with Gasteiger partial charge in [0.1, 0.15) is 0 Å². The van der Waals surface area contributed by atoms with Crippen LogP contribution in [0.15, 0.2) is 36.5 Å². The maximum Gasteiger partial charge on any atom is 0.333 e. The van der Waals surface area contributed by atoms with E-state index in [1.54, 1.807) is 0 Å². The number of hydrogen-bond acceptors (Lipinski definition) is 10. The molecule has 0 aliphatic heterocycles. The van der Waals surface area contributed by atoms with Crippen LogP contribution in [-0.4, -0.2) is 68.6 Å². The molecule has 0 aromatic heterocycles. The second kappa shape index (κ2) is 18.6. The summed E-state index contributed by atoms with van der Waals surface area (Å²) in [5.74, 6) is -3.46. The normalized spacial score (nSPS) is 8.55. The summed E-state index contributed by atoms with van der Waals surface area (Å²) in [6.45, 7) is 9.83. The molecule has 0 heterocycles. The van der Waals surface area contributed by atoms with Gasteiger partial charge >= 0.3 is 29.8 Å². The Morgan fingerprint density at radius 3 is 1.23 bits per heavy atom. The maximum atomic E-state index is 10.6. The van der Waals surface area contributed by atoms with Gasteiger partial charge in [0.2, 0.25) is 5.24 Å². The Morgan fingerprint density at radius 2 is 0.968 bits per heavy atom. The van der Waals surface area contributed by atoms with Gasteiger partial charge in [0.25, 0.3) is 0 Å². The van der Waals surface area contributed by atoms with E-state index in [-0.39, 0.29) is 36.0 Å². The standard InChI is InChI=1S/C7H10O4.C6H7ClO3.C6H8O4/c1-5(7(9)11-3)4-6(8)10-2;2*1-4(3-5(7)8)6(9)10-2/h1,4H2,2-3H3;1,3H2,2H3;1,3H2,2H3,(H,7,8). The largest absolute Gasteiger partial charge is 0.481 e. The summed E-state index contributed by atoms with van der Waals surface area (Å²) < 4.78 is 17.1. The van der Waals surface area contributed by atoms with Crippen LogP contribution in [0.4, 0.5) is 0 Å². The molecule has 0 aromatic rings. The van der Waals surface area contributed by atoms with Gasteiger partial charge in [0.05, 0.1) is 47.7 Å². The number of carbonyl (C=O) groups excluding carboxylic acids is 5. The van der Waals surface area contributed by atoms with Crippen LogP contribution in [0.5, 0.6) is 0 Å². The van der Waals surface area contributed by atoms with E-state index < -0.39 is 35.1 Å². The van der Waals surface area contributed by atoms with Crippen LogP contribution in [0.25, 0.3) is 0 Å². The molecule has 0 unspecified atom stereocenters. The molecule has 0 radical (unpaired) electrons. The first-order valence-electron chi connectivity index (χ1n) is 8.02. The Morgan fingerprint density at radius 1 is 0.645 bits per heavy atom. The average molecular weight is 465 g/mol. The lowest BCUT2D eigenvalue weighted by atomic mass is 10.2. The molecule has 0 saturated carbocycles. The summed E-state index contributed by atoms with van der Waals surface area (Å²) in [6.07, 6.45) is -0.649. The Balaban J connectivity index is -0.000000380. The Labute approximate surface area is 184 Å². The first-order chi connectivity index (χ1) is 14.3. The predicted molar refractivity (Wildman–Crippen MR) is 108 cm³/mol. The second-order valence-electron chi connectivity index (χ2n) is 5.14. The van der Waals surface area contributed by atoms with Gasteiger partial charge in [-0.1, -0.05) is 19.7 Å². The summed E-state index contributed by atoms with van der Waals surface area (Å²) in [7, 11) is 4.86. The zero-order valence-corrected chi connectivity index (χ0v) is 18.4. The number of carboxylic acid groups (broad SMARTS) is 1. The first-order valence-corrected chi connectivity index (χ1v) is 8.40. The molecule has 31 heavy (non-hydrogen) atoms. The van der Waals surface area contributed by atoms with E-state index in [4.69, 9.17) is 16.7 Å². The zero-order valence-electron chi connectivity index (χ0n) is 17.7. The molecule has 0 bridgehead atoms. The molecule has 0 rings (SSSR count). The summed E-state index contributed by atoms with van der Waals surface area (Å²) in [5.41, 5.74) is 0.122. The number of aliphatic carboxylic acids is 1. The molecule has 0 amide bonds. The fourth-order valence-electron chi connectivity index (χ4n) is 1.25. The predicted octanol–water partition coefficient (Wildman–Crippen LogP) is 1.34. The monoisotopic (exact) mass is 464 g/mol. The third-order valence-corrected chi connectivity index (χ3v) is 2.86. The van der Waals surface area contributed by atoms with Crippen molar-refractivity contribution in [1.82, 2.24) is 0 Å². The van der Waals surface area contributed by atoms with Crippen molar-refractivity contribution in [1.29, 1.82) is 0 Å². The SMILES string of the molecule is C=C(CC(=O)Cl)C(=O)OC.C=C(CC(=O)O)C(=O)OC.C=C(CC(=O)OC)C(=O)OC. The van der Waals surface area contributed by atoms with E-state index in [1.807, 2.05) is 0 Å². The number of halogens is 1. The molecule has 0 saturated heterocycles. The summed E-state index contributed by atoms with van der Waals surface area (Å²) in [4.78, 5) is 62.3. The number of carbonyl (C=O) groups is 6. The van der Waals surface area contributed by atoms with Crippen molar-refractivity contribution in [2.45, 2.75) is 19.3 Å². The molecule has 0 aromatic carbocycles. The maximum absolute atomic E-state index is 10.6. The highest BCUT2D eigenvalue weighted by molar-refractivity contribution is 6.64. The third kappa shape index (κ3) is 19.6. The Kier molecular flexibility index (Phi) is 19.3. The van der Waals surface area contributed by atoms with Crippen molar-refractivity contribution in [2.75, 3.05) is 28.4 Å². The quantitative estimate of drug-likeness (QED) is 0.227. The van der Waals surface area contributed by atoms with Gasteiger partial charge in [-0.25, -0.2) is 14.4 Å². The molecule has 0 aliphatic rings. The van der Waals surface area contributed by atoms with E-state index in [0.29, 0.717) is 0 Å². The Hall–Kier alpha value is -3.47. The van der Waals surface area contributed by atoms with E-state index >= 15 is 0 Å². The molecule has 174 valence electrons. The molecule has 0 aliphatic carbocycles. The van der Waals surface area contributed by atoms with Crippen LogP contribution in [-0.2, 0) is 47.7 Å². The first kappa shape index (κ1) is 32.2. The number of carboxylic acids is 1. The minimum Gasteiger partial charge on any atom is -0.481 e. The van der Waals surface area contributed by atoms with Gasteiger partial charge in [0.15, 0.2) is 0 Å². The van der Waals surface area contributed by atoms with Gasteiger partial charge in [-0.05, 0) is 11.6 Å². The van der Waals surface area contributed by atoms with Crippen molar-refractivity contribution in [3.63, 3.8) is 0 Å². The Bertz CT molecular complexity index is 682. The number of methoxy groups -OCH3 is 4. The van der Waals surface area contributed by atoms with Crippen LogP contribution in [0.2, 0.25) is 0 Å². The second-order valence-corrected chi connectivity index (χ2v) is 5.56. The van der Waals surface area contributed by atoms with E-state index in [0.717, 1.165) is 0 Å². The number of esters is 4. The lowest BCUT2D eigenvalue weighted by Crippen LogP contribution is -2.09. The zero-order chi connectivity index (χ0) is 25.1. The van der Waals surface area contributed by atoms with Crippen LogP contribution in [0, 0.1) is 0 Å².